The molecule has 2 aromatic rings. The van der Waals surface area contributed by atoms with Crippen LogP contribution in [0.2, 0.25) is 0 Å². The van der Waals surface area contributed by atoms with Gasteiger partial charge in [-0.05, 0) is 43.1 Å². The third-order valence-electron chi connectivity index (χ3n) is 4.88. The Morgan fingerprint density at radius 1 is 1.26 bits per heavy atom. The molecule has 1 aliphatic rings. The van der Waals surface area contributed by atoms with Gasteiger partial charge in [-0.1, -0.05) is 24.3 Å². The topological polar surface area (TPSA) is 66.5 Å². The fraction of sp³-hybridized carbons (Fsp3) is 0.429. The Balaban J connectivity index is 1.76. The third-order valence-corrected chi connectivity index (χ3v) is 4.88. The molecular weight excluding hydrogens is 340 g/mol. The highest BCUT2D eigenvalue weighted by Gasteiger charge is 2.42. The van der Waals surface area contributed by atoms with Crippen LogP contribution in [-0.2, 0) is 16.1 Å². The molecule has 1 saturated heterocycles. The minimum absolute atomic E-state index is 0.0271. The molecule has 1 aromatic carbocycles. The van der Waals surface area contributed by atoms with Crippen LogP contribution in [0.3, 0.4) is 0 Å². The second-order valence-corrected chi connectivity index (χ2v) is 7.00. The molecule has 1 aliphatic heterocycles. The van der Waals surface area contributed by atoms with Crippen LogP contribution in [0, 0.1) is 0 Å². The first-order valence-electron chi connectivity index (χ1n) is 9.44. The van der Waals surface area contributed by atoms with Gasteiger partial charge in [-0.3, -0.25) is 14.7 Å². The molecule has 1 amide bonds. The maximum Gasteiger partial charge on any atom is 0.247 e. The number of carbonyl (C=O) groups is 1. The molecule has 1 atom stereocenters. The normalized spacial score (nSPS) is 20.2. The Labute approximate surface area is 160 Å². The van der Waals surface area contributed by atoms with Crippen molar-refractivity contribution in [3.05, 3.63) is 60.4 Å². The van der Waals surface area contributed by atoms with Crippen molar-refractivity contribution in [3.63, 3.8) is 0 Å². The summed E-state index contributed by atoms with van der Waals surface area (Å²) >= 11 is 0. The summed E-state index contributed by atoms with van der Waals surface area (Å²) in [5.74, 6) is 0.0271. The van der Waals surface area contributed by atoms with Gasteiger partial charge in [-0.2, -0.15) is 0 Å². The number of hydrogen-bond donors (Lipinski definition) is 2. The van der Waals surface area contributed by atoms with Crippen LogP contribution in [0.1, 0.15) is 18.4 Å². The summed E-state index contributed by atoms with van der Waals surface area (Å²) in [6, 6.07) is 14.0. The van der Waals surface area contributed by atoms with Gasteiger partial charge in [0, 0.05) is 44.8 Å². The Kier molecular flexibility index (Phi) is 6.79. The molecule has 3 rings (SSSR count). The van der Waals surface area contributed by atoms with Crippen LogP contribution in [0.4, 0.5) is 5.69 Å². The van der Waals surface area contributed by atoms with Crippen molar-refractivity contribution in [2.24, 2.45) is 0 Å². The number of aromatic nitrogens is 1. The quantitative estimate of drug-likeness (QED) is 0.700. The fourth-order valence-electron chi connectivity index (χ4n) is 3.61. The highest BCUT2D eigenvalue weighted by molar-refractivity contribution is 5.90. The number of nitrogens with one attached hydrogen (secondary N) is 2. The first-order chi connectivity index (χ1) is 13.2. The van der Waals surface area contributed by atoms with E-state index in [9.17, 15) is 4.79 Å². The van der Waals surface area contributed by atoms with Gasteiger partial charge in [0.15, 0.2) is 0 Å². The average molecular weight is 368 g/mol. The van der Waals surface area contributed by atoms with Gasteiger partial charge in [-0.15, -0.1) is 0 Å². The van der Waals surface area contributed by atoms with Crippen LogP contribution in [-0.4, -0.2) is 54.7 Å². The van der Waals surface area contributed by atoms with Crippen LogP contribution in [0.5, 0.6) is 0 Å². The van der Waals surface area contributed by atoms with E-state index >= 15 is 0 Å². The molecule has 0 spiro atoms. The Hall–Kier alpha value is -2.44. The molecule has 144 valence electrons. The number of piperidine rings is 1. The molecule has 6 heteroatoms. The van der Waals surface area contributed by atoms with Crippen molar-refractivity contribution >= 4 is 11.6 Å². The summed E-state index contributed by atoms with van der Waals surface area (Å²) in [5, 5.41) is 6.56. The number of hydrogen-bond acceptors (Lipinski definition) is 5. The summed E-state index contributed by atoms with van der Waals surface area (Å²) in [7, 11) is 1.64. The van der Waals surface area contributed by atoms with E-state index in [2.05, 4.69) is 26.6 Å². The van der Waals surface area contributed by atoms with Crippen LogP contribution in [0.15, 0.2) is 54.9 Å². The van der Waals surface area contributed by atoms with Crippen LogP contribution < -0.4 is 10.6 Å². The van der Waals surface area contributed by atoms with Gasteiger partial charge in [0.25, 0.3) is 0 Å². The highest BCUT2D eigenvalue weighted by atomic mass is 16.5. The summed E-state index contributed by atoms with van der Waals surface area (Å²) in [4.78, 5) is 19.7. The lowest BCUT2D eigenvalue weighted by atomic mass is 9.87. The first-order valence-corrected chi connectivity index (χ1v) is 9.44. The van der Waals surface area contributed by atoms with Crippen molar-refractivity contribution in [1.82, 2.24) is 15.2 Å². The number of amides is 1. The molecule has 0 bridgehead atoms. The minimum atomic E-state index is -0.657. The largest absolute Gasteiger partial charge is 0.383 e. The highest BCUT2D eigenvalue weighted by Crippen LogP contribution is 2.27. The van der Waals surface area contributed by atoms with Crippen LogP contribution in [0.25, 0.3) is 0 Å². The molecule has 1 fully saturated rings. The van der Waals surface area contributed by atoms with Crippen molar-refractivity contribution in [1.29, 1.82) is 0 Å². The lowest BCUT2D eigenvalue weighted by molar-refractivity contribution is -0.127. The number of rotatable bonds is 8. The Morgan fingerprint density at radius 2 is 2.11 bits per heavy atom. The number of likely N-dealkylation sites (tertiary alicyclic amines) is 1. The molecule has 6 nitrogen and oxygen atoms in total. The molecule has 27 heavy (non-hydrogen) atoms. The molecule has 2 heterocycles. The zero-order valence-electron chi connectivity index (χ0n) is 15.9. The summed E-state index contributed by atoms with van der Waals surface area (Å²) < 4.78 is 5.08. The van der Waals surface area contributed by atoms with Gasteiger partial charge < -0.3 is 15.4 Å². The average Bonchev–Trinajstić information content (AvgIpc) is 2.70. The SMILES string of the molecule is COCCNC(=O)C1(Nc2ccccc2)CCCN(Cc2cccnc2)C1. The van der Waals surface area contributed by atoms with E-state index in [4.69, 9.17) is 4.74 Å². The monoisotopic (exact) mass is 368 g/mol. The predicted octanol–water partition coefficient (Wildman–Crippen LogP) is 2.29. The van der Waals surface area contributed by atoms with E-state index in [1.54, 1.807) is 13.3 Å². The number of nitrogens with zero attached hydrogens (tertiary/aromatic N) is 2. The molecule has 0 radical (unpaired) electrons. The standard InChI is InChI=1S/C21H28N4O2/c1-27-14-12-23-20(26)21(24-19-8-3-2-4-9-19)10-6-13-25(17-21)16-18-7-5-11-22-15-18/h2-5,7-9,11,15,24H,6,10,12-14,16-17H2,1H3,(H,23,26). The summed E-state index contributed by atoms with van der Waals surface area (Å²) in [5.41, 5.74) is 1.46. The van der Waals surface area contributed by atoms with Gasteiger partial charge in [-0.25, -0.2) is 0 Å². The van der Waals surface area contributed by atoms with Gasteiger partial charge in [0.2, 0.25) is 5.91 Å². The molecule has 0 saturated carbocycles. The number of anilines is 1. The van der Waals surface area contributed by atoms with Gasteiger partial charge >= 0.3 is 0 Å². The van der Waals surface area contributed by atoms with Gasteiger partial charge in [0.05, 0.1) is 6.61 Å². The van der Waals surface area contributed by atoms with Crippen molar-refractivity contribution in [2.75, 3.05) is 38.7 Å². The summed E-state index contributed by atoms with van der Waals surface area (Å²) in [6.07, 6.45) is 5.42. The van der Waals surface area contributed by atoms with Crippen molar-refractivity contribution in [2.45, 2.75) is 24.9 Å². The Morgan fingerprint density at radius 3 is 2.85 bits per heavy atom. The first kappa shape index (κ1) is 19.3. The number of pyridine rings is 1. The maximum absolute atomic E-state index is 13.1. The number of carbonyl (C=O) groups excluding carboxylic acids is 1. The number of ether oxygens (including phenoxy) is 1. The predicted molar refractivity (Wildman–Crippen MR) is 106 cm³/mol. The zero-order valence-corrected chi connectivity index (χ0v) is 15.9. The molecular formula is C21H28N4O2. The smallest absolute Gasteiger partial charge is 0.247 e. The molecule has 0 aliphatic carbocycles. The zero-order chi connectivity index (χ0) is 19.0. The molecule has 1 aromatic heterocycles. The number of methoxy groups -OCH3 is 1. The lowest BCUT2D eigenvalue weighted by Gasteiger charge is -2.42. The van der Waals surface area contributed by atoms with E-state index in [1.807, 2.05) is 42.6 Å². The van der Waals surface area contributed by atoms with Crippen LogP contribution >= 0.6 is 0 Å². The summed E-state index contributed by atoms with van der Waals surface area (Å²) in [6.45, 7) is 3.42. The maximum atomic E-state index is 13.1. The fourth-order valence-corrected chi connectivity index (χ4v) is 3.61. The second-order valence-electron chi connectivity index (χ2n) is 7.00. The third kappa shape index (κ3) is 5.28. The van der Waals surface area contributed by atoms with E-state index in [0.717, 1.165) is 37.2 Å². The number of para-hydroxylation sites is 1. The van der Waals surface area contributed by atoms with E-state index < -0.39 is 5.54 Å². The second kappa shape index (κ2) is 9.48. The van der Waals surface area contributed by atoms with Gasteiger partial charge in [0.1, 0.15) is 5.54 Å². The van der Waals surface area contributed by atoms with E-state index in [0.29, 0.717) is 19.7 Å². The Bertz CT molecular complexity index is 711. The molecule has 1 unspecified atom stereocenters. The molecule has 2 N–H and O–H groups in total. The van der Waals surface area contributed by atoms with Crippen molar-refractivity contribution in [3.8, 4) is 0 Å². The van der Waals surface area contributed by atoms with E-state index in [1.165, 1.54) is 0 Å². The minimum Gasteiger partial charge on any atom is -0.383 e. The van der Waals surface area contributed by atoms with Crippen molar-refractivity contribution < 1.29 is 9.53 Å². The number of benzene rings is 1. The van der Waals surface area contributed by atoms with E-state index in [-0.39, 0.29) is 5.91 Å². The lowest BCUT2D eigenvalue weighted by Crippen LogP contribution is -2.61.